The van der Waals surface area contributed by atoms with E-state index in [1.807, 2.05) is 20.8 Å². The molecule has 1 saturated heterocycles. The van der Waals surface area contributed by atoms with Crippen LogP contribution in [0.1, 0.15) is 38.3 Å². The molecule has 2 aromatic carbocycles. The van der Waals surface area contributed by atoms with Crippen LogP contribution in [0, 0.1) is 3.57 Å². The largest absolute Gasteiger partial charge is 0.493 e. The molecule has 36 heavy (non-hydrogen) atoms. The normalized spacial score (nSPS) is 14.6. The number of urea groups is 1. The van der Waals surface area contributed by atoms with Crippen LogP contribution in [0.25, 0.3) is 6.08 Å². The summed E-state index contributed by atoms with van der Waals surface area (Å²) in [6.45, 7) is 7.11. The SMILES string of the molecule is CCCOc1ccc(CN2C(=O)NC(=O)/C(=C\c3cc(I)c(OCC)c(OC)c3)C2=O)cc1OCC. The van der Waals surface area contributed by atoms with E-state index in [-0.39, 0.29) is 12.1 Å². The molecule has 0 radical (unpaired) electrons. The summed E-state index contributed by atoms with van der Waals surface area (Å²) < 4.78 is 23.2. The van der Waals surface area contributed by atoms with Gasteiger partial charge in [-0.15, -0.1) is 0 Å². The lowest BCUT2D eigenvalue weighted by Crippen LogP contribution is -2.53. The van der Waals surface area contributed by atoms with Crippen molar-refractivity contribution in [2.24, 2.45) is 0 Å². The number of barbiturate groups is 1. The number of ether oxygens (including phenoxy) is 4. The van der Waals surface area contributed by atoms with Gasteiger partial charge in [-0.1, -0.05) is 13.0 Å². The summed E-state index contributed by atoms with van der Waals surface area (Å²) >= 11 is 2.10. The Kier molecular flexibility index (Phi) is 9.57. The van der Waals surface area contributed by atoms with Gasteiger partial charge in [-0.05, 0) is 84.3 Å². The Hall–Kier alpha value is -3.28. The number of halogens is 1. The Morgan fingerprint density at radius 3 is 2.36 bits per heavy atom. The van der Waals surface area contributed by atoms with E-state index in [1.165, 1.54) is 13.2 Å². The summed E-state index contributed by atoms with van der Waals surface area (Å²) in [5.74, 6) is 0.706. The molecule has 0 unspecified atom stereocenters. The molecule has 192 valence electrons. The molecule has 9 nitrogen and oxygen atoms in total. The van der Waals surface area contributed by atoms with E-state index < -0.39 is 17.8 Å². The second-order valence-corrected chi connectivity index (χ2v) is 8.90. The minimum Gasteiger partial charge on any atom is -0.493 e. The lowest BCUT2D eigenvalue weighted by molar-refractivity contribution is -0.130. The van der Waals surface area contributed by atoms with Crippen LogP contribution in [0.15, 0.2) is 35.9 Å². The van der Waals surface area contributed by atoms with E-state index in [9.17, 15) is 14.4 Å². The van der Waals surface area contributed by atoms with Crippen molar-refractivity contribution in [3.8, 4) is 23.0 Å². The van der Waals surface area contributed by atoms with Gasteiger partial charge in [-0.3, -0.25) is 19.8 Å². The zero-order valence-electron chi connectivity index (χ0n) is 20.7. The predicted octanol–water partition coefficient (Wildman–Crippen LogP) is 4.55. The topological polar surface area (TPSA) is 103 Å². The van der Waals surface area contributed by atoms with Crippen LogP contribution < -0.4 is 24.3 Å². The number of carbonyl (C=O) groups is 3. The van der Waals surface area contributed by atoms with Gasteiger partial charge in [0.25, 0.3) is 11.8 Å². The van der Waals surface area contributed by atoms with Crippen molar-refractivity contribution in [2.75, 3.05) is 26.9 Å². The fourth-order valence-electron chi connectivity index (χ4n) is 3.54. The summed E-state index contributed by atoms with van der Waals surface area (Å²) in [4.78, 5) is 39.4. The summed E-state index contributed by atoms with van der Waals surface area (Å²) in [5.41, 5.74) is 1.05. The lowest BCUT2D eigenvalue weighted by Gasteiger charge is -2.26. The van der Waals surface area contributed by atoms with Gasteiger partial charge in [-0.2, -0.15) is 0 Å². The molecule has 0 atom stereocenters. The maximum absolute atomic E-state index is 13.2. The first kappa shape index (κ1) is 27.3. The molecule has 3 rings (SSSR count). The van der Waals surface area contributed by atoms with E-state index in [4.69, 9.17) is 18.9 Å². The molecule has 10 heteroatoms. The smallest absolute Gasteiger partial charge is 0.331 e. The van der Waals surface area contributed by atoms with Crippen LogP contribution in [0.4, 0.5) is 4.79 Å². The van der Waals surface area contributed by atoms with Gasteiger partial charge in [0.2, 0.25) is 0 Å². The van der Waals surface area contributed by atoms with Crippen LogP contribution >= 0.6 is 22.6 Å². The van der Waals surface area contributed by atoms with Gasteiger partial charge in [0.05, 0.1) is 37.0 Å². The molecule has 0 spiro atoms. The van der Waals surface area contributed by atoms with Crippen molar-refractivity contribution in [1.82, 2.24) is 10.2 Å². The molecular weight excluding hydrogens is 579 g/mol. The van der Waals surface area contributed by atoms with E-state index in [2.05, 4.69) is 27.9 Å². The number of hydrogen-bond acceptors (Lipinski definition) is 7. The summed E-state index contributed by atoms with van der Waals surface area (Å²) in [6, 6.07) is 7.89. The molecule has 1 N–H and O–H groups in total. The minimum absolute atomic E-state index is 0.0481. The number of methoxy groups -OCH3 is 1. The number of nitrogens with zero attached hydrogens (tertiary/aromatic N) is 1. The molecular formula is C26H29IN2O7. The van der Waals surface area contributed by atoms with Crippen LogP contribution in [0.3, 0.4) is 0 Å². The number of carbonyl (C=O) groups excluding carboxylic acids is 3. The number of hydrogen-bond donors (Lipinski definition) is 1. The fraction of sp³-hybridized carbons (Fsp3) is 0.346. The summed E-state index contributed by atoms with van der Waals surface area (Å²) in [7, 11) is 1.51. The Bertz CT molecular complexity index is 1180. The maximum atomic E-state index is 13.2. The van der Waals surface area contributed by atoms with Gasteiger partial charge < -0.3 is 18.9 Å². The van der Waals surface area contributed by atoms with Crippen LogP contribution in [0.5, 0.6) is 23.0 Å². The molecule has 0 bridgehead atoms. The number of rotatable bonds is 11. The molecule has 1 heterocycles. The van der Waals surface area contributed by atoms with E-state index in [1.54, 1.807) is 30.3 Å². The highest BCUT2D eigenvalue weighted by Crippen LogP contribution is 2.35. The Morgan fingerprint density at radius 1 is 0.944 bits per heavy atom. The average molecular weight is 608 g/mol. The monoisotopic (exact) mass is 608 g/mol. The van der Waals surface area contributed by atoms with Gasteiger partial charge in [-0.25, -0.2) is 4.79 Å². The van der Waals surface area contributed by atoms with E-state index in [0.29, 0.717) is 53.9 Å². The van der Waals surface area contributed by atoms with Crippen molar-refractivity contribution in [3.63, 3.8) is 0 Å². The second kappa shape index (κ2) is 12.6. The Balaban J connectivity index is 1.90. The fourth-order valence-corrected chi connectivity index (χ4v) is 4.33. The first-order valence-electron chi connectivity index (χ1n) is 11.6. The van der Waals surface area contributed by atoms with Crippen molar-refractivity contribution >= 4 is 46.5 Å². The third-order valence-electron chi connectivity index (χ3n) is 5.15. The average Bonchev–Trinajstić information content (AvgIpc) is 2.85. The Labute approximate surface area is 223 Å². The highest BCUT2D eigenvalue weighted by molar-refractivity contribution is 14.1. The molecule has 4 amide bonds. The van der Waals surface area contributed by atoms with Crippen LogP contribution in [-0.4, -0.2) is 49.7 Å². The highest BCUT2D eigenvalue weighted by Gasteiger charge is 2.36. The number of amides is 4. The quantitative estimate of drug-likeness (QED) is 0.227. The zero-order valence-corrected chi connectivity index (χ0v) is 22.8. The highest BCUT2D eigenvalue weighted by atomic mass is 127. The maximum Gasteiger partial charge on any atom is 0.331 e. The lowest BCUT2D eigenvalue weighted by atomic mass is 10.1. The van der Waals surface area contributed by atoms with Gasteiger partial charge in [0.1, 0.15) is 5.57 Å². The van der Waals surface area contributed by atoms with Crippen LogP contribution in [0.2, 0.25) is 0 Å². The minimum atomic E-state index is -0.787. The summed E-state index contributed by atoms with van der Waals surface area (Å²) in [5, 5.41) is 2.25. The first-order valence-corrected chi connectivity index (χ1v) is 12.7. The van der Waals surface area contributed by atoms with Crippen molar-refractivity contribution in [2.45, 2.75) is 33.7 Å². The number of imide groups is 2. The van der Waals surface area contributed by atoms with Gasteiger partial charge >= 0.3 is 6.03 Å². The van der Waals surface area contributed by atoms with Gasteiger partial charge in [0.15, 0.2) is 23.0 Å². The molecule has 0 saturated carbocycles. The standard InChI is InChI=1S/C26H29IN2O7/c1-5-10-36-20-9-8-16(13-21(20)34-6-2)15-29-25(31)18(24(30)28-26(29)32)11-17-12-19(27)23(35-7-3)22(14-17)33-4/h8-9,11-14H,5-7,10,15H2,1-4H3,(H,28,30,32)/b18-11+. The first-order chi connectivity index (χ1) is 17.3. The third kappa shape index (κ3) is 6.28. The van der Waals surface area contributed by atoms with E-state index in [0.717, 1.165) is 14.9 Å². The van der Waals surface area contributed by atoms with E-state index >= 15 is 0 Å². The molecule has 1 fully saturated rings. The zero-order chi connectivity index (χ0) is 26.2. The second-order valence-electron chi connectivity index (χ2n) is 7.74. The molecule has 1 aliphatic heterocycles. The molecule has 0 aliphatic carbocycles. The molecule has 0 aromatic heterocycles. The third-order valence-corrected chi connectivity index (χ3v) is 5.95. The Morgan fingerprint density at radius 2 is 1.69 bits per heavy atom. The van der Waals surface area contributed by atoms with Crippen molar-refractivity contribution in [1.29, 1.82) is 0 Å². The van der Waals surface area contributed by atoms with Gasteiger partial charge in [0, 0.05) is 0 Å². The number of nitrogens with one attached hydrogen (secondary N) is 1. The summed E-state index contributed by atoms with van der Waals surface area (Å²) in [6.07, 6.45) is 2.28. The molecule has 1 aliphatic rings. The van der Waals surface area contributed by atoms with Crippen molar-refractivity contribution < 1.29 is 33.3 Å². The molecule has 2 aromatic rings. The predicted molar refractivity (Wildman–Crippen MR) is 142 cm³/mol. The van der Waals surface area contributed by atoms with Crippen molar-refractivity contribution in [3.05, 3.63) is 50.6 Å². The van der Waals surface area contributed by atoms with Crippen LogP contribution in [-0.2, 0) is 16.1 Å². The number of benzene rings is 2.